The van der Waals surface area contributed by atoms with Crippen LogP contribution in [0, 0.1) is 20.6 Å². The lowest BCUT2D eigenvalue weighted by Gasteiger charge is -2.14. The van der Waals surface area contributed by atoms with Crippen molar-refractivity contribution in [3.05, 3.63) is 71.7 Å². The Morgan fingerprint density at radius 2 is 1.59 bits per heavy atom. The Hall–Kier alpha value is -2.48. The van der Waals surface area contributed by atoms with Crippen molar-refractivity contribution < 1.29 is 12.8 Å². The molecule has 0 radical (unpaired) electrons. The van der Waals surface area contributed by atoms with Crippen molar-refractivity contribution in [3.63, 3.8) is 0 Å². The summed E-state index contributed by atoms with van der Waals surface area (Å²) in [5, 5.41) is 0. The van der Waals surface area contributed by atoms with Crippen LogP contribution in [0.25, 0.3) is 22.4 Å². The van der Waals surface area contributed by atoms with Crippen LogP contribution in [0.2, 0.25) is 0 Å². The Bertz CT molecular complexity index is 990. The van der Waals surface area contributed by atoms with Crippen LogP contribution in [0.4, 0.5) is 0 Å². The zero-order valence-electron chi connectivity index (χ0n) is 18.6. The maximum absolute atomic E-state index is 7.96. The summed E-state index contributed by atoms with van der Waals surface area (Å²) >= 11 is 0. The molecule has 2 nitrogen and oxygen atoms in total. The van der Waals surface area contributed by atoms with Crippen LogP contribution < -0.4 is 4.57 Å². The molecule has 0 N–H and O–H groups in total. The van der Waals surface area contributed by atoms with E-state index in [-0.39, 0.29) is 16.7 Å². The number of aromatic nitrogens is 2. The van der Waals surface area contributed by atoms with Crippen LogP contribution in [-0.2, 0) is 7.05 Å². The van der Waals surface area contributed by atoms with Crippen molar-refractivity contribution in [2.45, 2.75) is 20.6 Å². The molecule has 1 aromatic heterocycles. The molecule has 0 unspecified atom stereocenters. The Balaban J connectivity index is 2.47. The first kappa shape index (κ1) is 8.84. The molecule has 0 aliphatic carbocycles. The first-order valence-electron chi connectivity index (χ1n) is 10.1. The molecule has 2 aromatic carbocycles. The van der Waals surface area contributed by atoms with E-state index in [1.165, 1.54) is 18.2 Å². The molecule has 2 heteroatoms. The number of hydrogen-bond acceptors (Lipinski definition) is 1. The van der Waals surface area contributed by atoms with Gasteiger partial charge in [-0.3, -0.25) is 0 Å². The summed E-state index contributed by atoms with van der Waals surface area (Å²) in [5.41, 5.74) is 3.29. The molecule has 0 saturated carbocycles. The largest absolute Gasteiger partial charge is 0.286 e. The van der Waals surface area contributed by atoms with Crippen molar-refractivity contribution in [2.75, 3.05) is 0 Å². The highest BCUT2D eigenvalue weighted by molar-refractivity contribution is 5.82. The minimum Gasteiger partial charge on any atom is -0.232 e. The highest BCUT2D eigenvalue weighted by Gasteiger charge is 2.20. The molecule has 1 heterocycles. The highest BCUT2D eigenvalue weighted by atomic mass is 15.0. The van der Waals surface area contributed by atoms with Gasteiger partial charge in [0.1, 0.15) is 5.69 Å². The fraction of sp³-hybridized carbons (Fsp3) is 0.200. The second kappa shape index (κ2) is 5.72. The zero-order valence-corrected chi connectivity index (χ0v) is 12.6. The number of benzene rings is 2. The molecule has 0 fully saturated rings. The van der Waals surface area contributed by atoms with Gasteiger partial charge in [0.05, 0.1) is 12.6 Å². The second-order valence-electron chi connectivity index (χ2n) is 5.31. The Kier molecular flexibility index (Phi) is 2.30. The summed E-state index contributed by atoms with van der Waals surface area (Å²) < 4.78 is 49.5. The summed E-state index contributed by atoms with van der Waals surface area (Å²) in [6.07, 6.45) is 3.17. The van der Waals surface area contributed by atoms with Crippen molar-refractivity contribution in [3.8, 4) is 22.4 Å². The third-order valence-electron chi connectivity index (χ3n) is 3.79. The predicted molar refractivity (Wildman–Crippen MR) is 90.5 cm³/mol. The summed E-state index contributed by atoms with van der Waals surface area (Å²) in [5.74, 6) is 0. The molecule has 0 aliphatic heterocycles. The summed E-state index contributed by atoms with van der Waals surface area (Å²) in [7, 11) is 1.81. The van der Waals surface area contributed by atoms with E-state index >= 15 is 0 Å². The quantitative estimate of drug-likeness (QED) is 0.649. The van der Waals surface area contributed by atoms with Gasteiger partial charge in [-0.05, 0) is 42.9 Å². The molecular formula is C20H21N2+. The maximum atomic E-state index is 7.96. The average molecular weight is 295 g/mol. The molecule has 0 spiro atoms. The molecule has 3 aromatic rings. The normalized spacial score (nSPS) is 15.9. The van der Waals surface area contributed by atoms with Gasteiger partial charge in [-0.15, -0.1) is 0 Å². The van der Waals surface area contributed by atoms with E-state index < -0.39 is 13.7 Å². The van der Waals surface area contributed by atoms with Gasteiger partial charge < -0.3 is 0 Å². The summed E-state index contributed by atoms with van der Waals surface area (Å²) in [4.78, 5) is 4.22. The standard InChI is InChI=1S/C20H21N2/c1-14-8-5-6-11-17(14)20-18(12-21-13-22(20)4)19-15(2)9-7-10-16(19)3/h5-13H,1-4H3/q+1/i2D3,3D3. The van der Waals surface area contributed by atoms with Crippen molar-refractivity contribution >= 4 is 0 Å². The van der Waals surface area contributed by atoms with Crippen molar-refractivity contribution in [1.82, 2.24) is 4.98 Å². The van der Waals surface area contributed by atoms with Gasteiger partial charge in [0.2, 0.25) is 0 Å². The van der Waals surface area contributed by atoms with Crippen LogP contribution in [0.1, 0.15) is 24.9 Å². The van der Waals surface area contributed by atoms with Gasteiger partial charge in [-0.1, -0.05) is 47.4 Å². The van der Waals surface area contributed by atoms with Gasteiger partial charge >= 0.3 is 0 Å². The van der Waals surface area contributed by atoms with E-state index in [2.05, 4.69) is 4.98 Å². The van der Waals surface area contributed by atoms with Crippen molar-refractivity contribution in [2.24, 2.45) is 7.05 Å². The monoisotopic (exact) mass is 295 g/mol. The van der Waals surface area contributed by atoms with Gasteiger partial charge in [-0.25, -0.2) is 4.57 Å². The second-order valence-corrected chi connectivity index (χ2v) is 5.31. The van der Waals surface area contributed by atoms with Gasteiger partial charge in [0, 0.05) is 13.8 Å². The van der Waals surface area contributed by atoms with E-state index in [1.54, 1.807) is 17.1 Å². The van der Waals surface area contributed by atoms with Crippen LogP contribution in [0.15, 0.2) is 55.0 Å². The predicted octanol–water partition coefficient (Wildman–Crippen LogP) is 4.17. The highest BCUT2D eigenvalue weighted by Crippen LogP contribution is 2.34. The minimum atomic E-state index is -2.46. The number of aryl methyl sites for hydroxylation is 4. The average Bonchev–Trinajstić information content (AvgIpc) is 2.60. The van der Waals surface area contributed by atoms with E-state index in [0.717, 1.165) is 16.8 Å². The Labute approximate surface area is 140 Å². The topological polar surface area (TPSA) is 16.8 Å². The lowest BCUT2D eigenvalue weighted by Crippen LogP contribution is -2.32. The molecule has 0 atom stereocenters. The molecule has 110 valence electrons. The molecule has 0 bridgehead atoms. The van der Waals surface area contributed by atoms with Gasteiger partial charge in [0.15, 0.2) is 6.20 Å². The first-order chi connectivity index (χ1) is 13.0. The molecule has 0 saturated heterocycles. The summed E-state index contributed by atoms with van der Waals surface area (Å²) in [6.45, 7) is -2.97. The van der Waals surface area contributed by atoms with Crippen molar-refractivity contribution in [1.29, 1.82) is 0 Å². The first-order valence-corrected chi connectivity index (χ1v) is 7.06. The van der Waals surface area contributed by atoms with Gasteiger partial charge in [-0.2, -0.15) is 0 Å². The lowest BCUT2D eigenvalue weighted by atomic mass is 9.92. The maximum Gasteiger partial charge on any atom is 0.286 e. The Morgan fingerprint density at radius 1 is 0.909 bits per heavy atom. The number of nitrogens with zero attached hydrogens (tertiary/aromatic N) is 2. The molecule has 22 heavy (non-hydrogen) atoms. The van der Waals surface area contributed by atoms with Crippen LogP contribution >= 0.6 is 0 Å². The SMILES string of the molecule is [2H]C([2H])([2H])c1cccc(C([2H])([2H])[2H])c1-c1cnc[n+](C)c1-c1ccccc1C. The van der Waals surface area contributed by atoms with Gasteiger partial charge in [0.25, 0.3) is 6.33 Å². The van der Waals surface area contributed by atoms with E-state index in [9.17, 15) is 0 Å². The zero-order chi connectivity index (χ0) is 20.7. The van der Waals surface area contributed by atoms with Crippen LogP contribution in [0.3, 0.4) is 0 Å². The third-order valence-corrected chi connectivity index (χ3v) is 3.79. The molecular weight excluding hydrogens is 268 g/mol. The summed E-state index contributed by atoms with van der Waals surface area (Å²) in [6, 6.07) is 12.1. The number of rotatable bonds is 2. The van der Waals surface area contributed by atoms with Crippen LogP contribution in [-0.4, -0.2) is 4.98 Å². The number of hydrogen-bond donors (Lipinski definition) is 0. The minimum absolute atomic E-state index is 0.00367. The van der Waals surface area contributed by atoms with E-state index in [4.69, 9.17) is 8.22 Å². The molecule has 0 aliphatic rings. The lowest BCUT2D eigenvalue weighted by molar-refractivity contribution is -0.663. The fourth-order valence-electron chi connectivity index (χ4n) is 2.72. The van der Waals surface area contributed by atoms with E-state index in [0.29, 0.717) is 5.56 Å². The molecule has 3 rings (SSSR count). The van der Waals surface area contributed by atoms with Crippen LogP contribution in [0.5, 0.6) is 0 Å². The smallest absolute Gasteiger partial charge is 0.232 e. The Morgan fingerprint density at radius 3 is 2.27 bits per heavy atom. The third kappa shape index (κ3) is 2.41. The van der Waals surface area contributed by atoms with E-state index in [1.807, 2.05) is 38.2 Å². The molecule has 0 amide bonds. The fourth-order valence-corrected chi connectivity index (χ4v) is 2.72.